The molecule has 1 amide bonds. The Hall–Kier alpha value is -1.47. The highest BCUT2D eigenvalue weighted by molar-refractivity contribution is 6.33. The largest absolute Gasteiger partial charge is 0.395 e. The Labute approximate surface area is 120 Å². The molecule has 0 aliphatic heterocycles. The van der Waals surface area contributed by atoms with Crippen molar-refractivity contribution in [1.82, 2.24) is 9.88 Å². The van der Waals surface area contributed by atoms with Crippen LogP contribution in [0.1, 0.15) is 17.4 Å². The summed E-state index contributed by atoms with van der Waals surface area (Å²) in [5.41, 5.74) is -0.112. The summed E-state index contributed by atoms with van der Waals surface area (Å²) in [4.78, 5) is 17.0. The number of rotatable bonds is 7. The zero-order valence-electron chi connectivity index (χ0n) is 10.9. The van der Waals surface area contributed by atoms with Gasteiger partial charge in [-0.25, -0.2) is 13.8 Å². The predicted molar refractivity (Wildman–Crippen MR) is 72.4 cm³/mol. The first-order valence-corrected chi connectivity index (χ1v) is 6.46. The van der Waals surface area contributed by atoms with Crippen molar-refractivity contribution in [1.29, 1.82) is 0 Å². The third-order valence-electron chi connectivity index (χ3n) is 2.42. The molecule has 1 aromatic heterocycles. The molecule has 0 aliphatic rings. The molecule has 0 aliphatic carbocycles. The van der Waals surface area contributed by atoms with Gasteiger partial charge in [-0.15, -0.1) is 0 Å². The lowest BCUT2D eigenvalue weighted by molar-refractivity contribution is 0.0504. The first-order chi connectivity index (χ1) is 9.49. The zero-order chi connectivity index (χ0) is 15.1. The predicted octanol–water partition coefficient (Wildman–Crippen LogP) is 1.87. The molecule has 0 bridgehead atoms. The lowest BCUT2D eigenvalue weighted by Crippen LogP contribution is -2.37. The highest BCUT2D eigenvalue weighted by Crippen LogP contribution is 2.19. The molecule has 0 fully saturated rings. The van der Waals surface area contributed by atoms with Gasteiger partial charge in [0.1, 0.15) is 11.5 Å². The van der Waals surface area contributed by atoms with Gasteiger partial charge in [0.25, 0.3) is 12.3 Å². The third kappa shape index (κ3) is 4.57. The number of aliphatic hydroxyl groups is 1. The van der Waals surface area contributed by atoms with Crippen LogP contribution in [0.4, 0.5) is 14.6 Å². The van der Waals surface area contributed by atoms with Gasteiger partial charge in [-0.2, -0.15) is 0 Å². The second-order valence-electron chi connectivity index (χ2n) is 3.92. The molecular weight excluding hydrogens is 292 g/mol. The van der Waals surface area contributed by atoms with E-state index in [0.29, 0.717) is 12.4 Å². The molecule has 0 aromatic carbocycles. The van der Waals surface area contributed by atoms with Crippen LogP contribution in [0.3, 0.4) is 0 Å². The molecule has 1 heterocycles. The van der Waals surface area contributed by atoms with E-state index in [1.807, 2.05) is 6.92 Å². The smallest absolute Gasteiger partial charge is 0.274 e. The van der Waals surface area contributed by atoms with Gasteiger partial charge in [-0.05, 0) is 19.1 Å². The number of nitrogens with one attached hydrogen (secondary N) is 1. The molecule has 0 saturated heterocycles. The molecule has 20 heavy (non-hydrogen) atoms. The first-order valence-electron chi connectivity index (χ1n) is 6.08. The van der Waals surface area contributed by atoms with Gasteiger partial charge in [-0.3, -0.25) is 4.79 Å². The number of hydrogen-bond donors (Lipinski definition) is 2. The van der Waals surface area contributed by atoms with Crippen LogP contribution in [-0.4, -0.2) is 53.6 Å². The Morgan fingerprint density at radius 1 is 1.55 bits per heavy atom. The number of anilines is 1. The van der Waals surface area contributed by atoms with E-state index in [2.05, 4.69) is 10.3 Å². The SMILES string of the molecule is CCNc1ccc(Cl)c(C(=O)N(CCO)CC(F)F)n1. The maximum atomic E-state index is 12.4. The third-order valence-corrected chi connectivity index (χ3v) is 2.73. The maximum absolute atomic E-state index is 12.4. The fourth-order valence-corrected chi connectivity index (χ4v) is 1.77. The number of hydrogen-bond acceptors (Lipinski definition) is 4. The van der Waals surface area contributed by atoms with Crippen molar-refractivity contribution in [3.05, 3.63) is 22.8 Å². The number of nitrogens with zero attached hydrogens (tertiary/aromatic N) is 2. The Bertz CT molecular complexity index is 460. The molecule has 8 heteroatoms. The van der Waals surface area contributed by atoms with E-state index in [4.69, 9.17) is 16.7 Å². The Morgan fingerprint density at radius 2 is 2.25 bits per heavy atom. The summed E-state index contributed by atoms with van der Waals surface area (Å²) in [5.74, 6) is -0.301. The summed E-state index contributed by atoms with van der Waals surface area (Å²) >= 11 is 5.88. The standard InChI is InChI=1S/C12H16ClF2N3O2/c1-2-16-10-4-3-8(13)11(17-10)12(20)18(5-6-19)7-9(14)15/h3-4,9,19H,2,5-7H2,1H3,(H,16,17). The Balaban J connectivity index is 3.00. The molecule has 0 spiro atoms. The summed E-state index contributed by atoms with van der Waals surface area (Å²) in [6.07, 6.45) is -2.69. The van der Waals surface area contributed by atoms with E-state index in [1.54, 1.807) is 6.07 Å². The van der Waals surface area contributed by atoms with Crippen LogP contribution in [0.2, 0.25) is 5.02 Å². The summed E-state index contributed by atoms with van der Waals surface area (Å²) in [7, 11) is 0. The number of carbonyl (C=O) groups is 1. The van der Waals surface area contributed by atoms with Crippen LogP contribution >= 0.6 is 11.6 Å². The van der Waals surface area contributed by atoms with Crippen molar-refractivity contribution < 1.29 is 18.7 Å². The molecule has 112 valence electrons. The monoisotopic (exact) mass is 307 g/mol. The van der Waals surface area contributed by atoms with Gasteiger partial charge in [0.15, 0.2) is 0 Å². The fourth-order valence-electron chi connectivity index (χ4n) is 1.58. The topological polar surface area (TPSA) is 65.5 Å². The van der Waals surface area contributed by atoms with Gasteiger partial charge >= 0.3 is 0 Å². The van der Waals surface area contributed by atoms with E-state index in [0.717, 1.165) is 4.90 Å². The van der Waals surface area contributed by atoms with Gasteiger partial charge in [0.2, 0.25) is 0 Å². The molecule has 0 saturated carbocycles. The molecule has 1 aromatic rings. The second-order valence-corrected chi connectivity index (χ2v) is 4.33. The lowest BCUT2D eigenvalue weighted by Gasteiger charge is -2.21. The number of amides is 1. The van der Waals surface area contributed by atoms with Gasteiger partial charge in [0.05, 0.1) is 18.2 Å². The van der Waals surface area contributed by atoms with E-state index in [1.165, 1.54) is 6.07 Å². The summed E-state index contributed by atoms with van der Waals surface area (Å²) in [5, 5.41) is 11.8. The summed E-state index contributed by atoms with van der Waals surface area (Å²) in [6, 6.07) is 3.06. The quantitative estimate of drug-likeness (QED) is 0.807. The van der Waals surface area contributed by atoms with Gasteiger partial charge in [-0.1, -0.05) is 11.6 Å². The molecule has 1 rings (SSSR count). The second kappa shape index (κ2) is 7.96. The van der Waals surface area contributed by atoms with Crippen molar-refractivity contribution in [2.24, 2.45) is 0 Å². The highest BCUT2D eigenvalue weighted by atomic mass is 35.5. The minimum atomic E-state index is -2.69. The lowest BCUT2D eigenvalue weighted by atomic mass is 10.3. The van der Waals surface area contributed by atoms with Crippen LogP contribution in [0.15, 0.2) is 12.1 Å². The van der Waals surface area contributed by atoms with E-state index in [-0.39, 0.29) is 17.3 Å². The summed E-state index contributed by atoms with van der Waals surface area (Å²) in [6.45, 7) is 1.06. The zero-order valence-corrected chi connectivity index (χ0v) is 11.7. The van der Waals surface area contributed by atoms with Crippen LogP contribution in [-0.2, 0) is 0 Å². The van der Waals surface area contributed by atoms with Crippen LogP contribution in [0.25, 0.3) is 0 Å². The molecule has 0 unspecified atom stereocenters. The number of carbonyl (C=O) groups excluding carboxylic acids is 1. The first kappa shape index (κ1) is 16.6. The normalized spacial score (nSPS) is 10.7. The molecule has 5 nitrogen and oxygen atoms in total. The Morgan fingerprint density at radius 3 is 2.80 bits per heavy atom. The molecular formula is C12H16ClF2N3O2. The average molecular weight is 308 g/mol. The van der Waals surface area contributed by atoms with Crippen molar-refractivity contribution in [2.75, 3.05) is 31.6 Å². The van der Waals surface area contributed by atoms with Gasteiger partial charge < -0.3 is 15.3 Å². The fraction of sp³-hybridized carbons (Fsp3) is 0.500. The number of aromatic nitrogens is 1. The van der Waals surface area contributed by atoms with Crippen molar-refractivity contribution in [3.63, 3.8) is 0 Å². The molecule has 0 radical (unpaired) electrons. The van der Waals surface area contributed by atoms with E-state index < -0.39 is 25.5 Å². The van der Waals surface area contributed by atoms with E-state index in [9.17, 15) is 13.6 Å². The molecule has 0 atom stereocenters. The van der Waals surface area contributed by atoms with Gasteiger partial charge in [0, 0.05) is 13.1 Å². The number of alkyl halides is 2. The average Bonchev–Trinajstić information content (AvgIpc) is 2.39. The van der Waals surface area contributed by atoms with Crippen LogP contribution in [0.5, 0.6) is 0 Å². The maximum Gasteiger partial charge on any atom is 0.274 e. The number of halogens is 3. The minimum Gasteiger partial charge on any atom is -0.395 e. The van der Waals surface area contributed by atoms with Crippen molar-refractivity contribution in [2.45, 2.75) is 13.3 Å². The number of pyridine rings is 1. The van der Waals surface area contributed by atoms with Crippen LogP contribution < -0.4 is 5.32 Å². The highest BCUT2D eigenvalue weighted by Gasteiger charge is 2.23. The van der Waals surface area contributed by atoms with E-state index >= 15 is 0 Å². The number of aliphatic hydroxyl groups excluding tert-OH is 1. The minimum absolute atomic E-state index is 0.0776. The summed E-state index contributed by atoms with van der Waals surface area (Å²) < 4.78 is 24.9. The Kier molecular flexibility index (Phi) is 6.60. The molecule has 2 N–H and O–H groups in total. The van der Waals surface area contributed by atoms with Crippen molar-refractivity contribution >= 4 is 23.3 Å². The van der Waals surface area contributed by atoms with Crippen molar-refractivity contribution in [3.8, 4) is 0 Å². The van der Waals surface area contributed by atoms with Crippen LogP contribution in [0, 0.1) is 0 Å².